The molecular weight excluding hydrogens is 228 g/mol. The summed E-state index contributed by atoms with van der Waals surface area (Å²) in [5.41, 5.74) is 0. The van der Waals surface area contributed by atoms with Crippen molar-refractivity contribution < 1.29 is 4.74 Å². The van der Waals surface area contributed by atoms with Crippen LogP contribution in [0.1, 0.15) is 25.7 Å². The molecule has 1 N–H and O–H groups in total. The lowest BCUT2D eigenvalue weighted by molar-refractivity contribution is 0.391. The predicted molar refractivity (Wildman–Crippen MR) is 70.0 cm³/mol. The summed E-state index contributed by atoms with van der Waals surface area (Å²) in [6.45, 7) is 2.04. The normalized spacial score (nSPS) is 24.1. The first-order chi connectivity index (χ1) is 8.85. The van der Waals surface area contributed by atoms with Gasteiger partial charge in [0.05, 0.1) is 7.11 Å². The molecule has 98 valence electrons. The summed E-state index contributed by atoms with van der Waals surface area (Å²) in [6, 6.07) is 3.13. The molecule has 1 atom stereocenters. The second-order valence-electron chi connectivity index (χ2n) is 5.13. The molecule has 2 fully saturated rings. The van der Waals surface area contributed by atoms with E-state index in [0.717, 1.165) is 25.1 Å². The Kier molecular flexibility index (Phi) is 3.32. The minimum absolute atomic E-state index is 0.584. The minimum atomic E-state index is 0.584. The van der Waals surface area contributed by atoms with Gasteiger partial charge < -0.3 is 15.0 Å². The summed E-state index contributed by atoms with van der Waals surface area (Å²) in [5, 5.41) is 3.69. The van der Waals surface area contributed by atoms with Gasteiger partial charge in [-0.3, -0.25) is 0 Å². The molecule has 1 aliphatic carbocycles. The quantitative estimate of drug-likeness (QED) is 0.868. The molecular formula is C13H20N4O. The number of rotatable bonds is 4. The van der Waals surface area contributed by atoms with E-state index < -0.39 is 0 Å². The summed E-state index contributed by atoms with van der Waals surface area (Å²) in [7, 11) is 1.64. The van der Waals surface area contributed by atoms with Gasteiger partial charge in [-0.1, -0.05) is 0 Å². The fraction of sp³-hybridized carbons (Fsp3) is 0.692. The van der Waals surface area contributed by atoms with Crippen molar-refractivity contribution in [1.82, 2.24) is 15.3 Å². The van der Waals surface area contributed by atoms with E-state index in [0.29, 0.717) is 11.9 Å². The van der Waals surface area contributed by atoms with Crippen LogP contribution in [0.15, 0.2) is 12.3 Å². The van der Waals surface area contributed by atoms with Gasteiger partial charge in [-0.2, -0.15) is 4.98 Å². The van der Waals surface area contributed by atoms with Crippen LogP contribution in [0.2, 0.25) is 0 Å². The third kappa shape index (κ3) is 2.72. The number of piperidine rings is 1. The Morgan fingerprint density at radius 2 is 2.22 bits per heavy atom. The highest BCUT2D eigenvalue weighted by Gasteiger charge is 2.28. The summed E-state index contributed by atoms with van der Waals surface area (Å²) >= 11 is 0. The lowest BCUT2D eigenvalue weighted by Crippen LogP contribution is -2.47. The van der Waals surface area contributed by atoms with Crippen LogP contribution in [-0.4, -0.2) is 42.3 Å². The van der Waals surface area contributed by atoms with Gasteiger partial charge in [-0.15, -0.1) is 0 Å². The molecule has 1 saturated heterocycles. The summed E-state index contributed by atoms with van der Waals surface area (Å²) in [4.78, 5) is 11.0. The molecule has 2 aliphatic rings. The van der Waals surface area contributed by atoms with Gasteiger partial charge in [-0.25, -0.2) is 4.98 Å². The Bertz CT molecular complexity index is 408. The van der Waals surface area contributed by atoms with E-state index >= 15 is 0 Å². The molecule has 1 aromatic heterocycles. The number of nitrogens with zero attached hydrogens (tertiary/aromatic N) is 3. The molecule has 0 radical (unpaired) electrons. The first-order valence-corrected chi connectivity index (χ1v) is 6.73. The first-order valence-electron chi connectivity index (χ1n) is 6.73. The van der Waals surface area contributed by atoms with Gasteiger partial charge in [0.2, 0.25) is 11.8 Å². The molecule has 1 saturated carbocycles. The number of nitrogens with one attached hydrogen (secondary N) is 1. The highest BCUT2D eigenvalue weighted by Crippen LogP contribution is 2.23. The molecule has 1 aliphatic heterocycles. The predicted octanol–water partition coefficient (Wildman–Crippen LogP) is 1.21. The van der Waals surface area contributed by atoms with Crippen molar-refractivity contribution in [3.63, 3.8) is 0 Å². The van der Waals surface area contributed by atoms with Crippen LogP contribution in [0.4, 0.5) is 5.95 Å². The molecule has 1 unspecified atom stereocenters. The first kappa shape index (κ1) is 11.7. The van der Waals surface area contributed by atoms with Crippen LogP contribution in [0, 0.1) is 0 Å². The van der Waals surface area contributed by atoms with Crippen LogP contribution in [0.25, 0.3) is 0 Å². The van der Waals surface area contributed by atoms with Crippen molar-refractivity contribution >= 4 is 5.95 Å². The molecule has 2 heterocycles. The number of hydrogen-bond acceptors (Lipinski definition) is 5. The second kappa shape index (κ2) is 5.10. The summed E-state index contributed by atoms with van der Waals surface area (Å²) < 4.78 is 5.15. The Morgan fingerprint density at radius 3 is 3.00 bits per heavy atom. The zero-order chi connectivity index (χ0) is 12.4. The SMILES string of the molecule is COc1ccnc(N2CCCC(NC3CC3)C2)n1. The maximum absolute atomic E-state index is 5.15. The van der Waals surface area contributed by atoms with Gasteiger partial charge in [0.1, 0.15) is 0 Å². The van der Waals surface area contributed by atoms with Crippen LogP contribution in [-0.2, 0) is 0 Å². The van der Waals surface area contributed by atoms with E-state index in [1.807, 2.05) is 0 Å². The number of ether oxygens (including phenoxy) is 1. The van der Waals surface area contributed by atoms with Gasteiger partial charge in [0, 0.05) is 37.4 Å². The Balaban J connectivity index is 1.66. The number of aromatic nitrogens is 2. The van der Waals surface area contributed by atoms with E-state index in [9.17, 15) is 0 Å². The standard InChI is InChI=1S/C13H20N4O/c1-18-12-6-7-14-13(16-12)17-8-2-3-11(9-17)15-10-4-5-10/h6-7,10-11,15H,2-5,8-9H2,1H3. The highest BCUT2D eigenvalue weighted by molar-refractivity contribution is 5.33. The number of hydrogen-bond donors (Lipinski definition) is 1. The fourth-order valence-corrected chi connectivity index (χ4v) is 2.48. The molecule has 0 amide bonds. The average molecular weight is 248 g/mol. The Labute approximate surface area is 108 Å². The van der Waals surface area contributed by atoms with Crippen molar-refractivity contribution in [1.29, 1.82) is 0 Å². The summed E-state index contributed by atoms with van der Waals surface area (Å²) in [5.74, 6) is 1.42. The summed E-state index contributed by atoms with van der Waals surface area (Å²) in [6.07, 6.45) is 6.90. The topological polar surface area (TPSA) is 50.3 Å². The number of methoxy groups -OCH3 is 1. The van der Waals surface area contributed by atoms with Crippen molar-refractivity contribution in [2.75, 3.05) is 25.1 Å². The molecule has 0 bridgehead atoms. The zero-order valence-corrected chi connectivity index (χ0v) is 10.8. The minimum Gasteiger partial charge on any atom is -0.481 e. The molecule has 0 aromatic carbocycles. The van der Waals surface area contributed by atoms with Gasteiger partial charge in [0.25, 0.3) is 0 Å². The average Bonchev–Trinajstić information content (AvgIpc) is 3.23. The van der Waals surface area contributed by atoms with Crippen LogP contribution < -0.4 is 15.0 Å². The lowest BCUT2D eigenvalue weighted by Gasteiger charge is -2.33. The Hall–Kier alpha value is -1.36. The van der Waals surface area contributed by atoms with Crippen LogP contribution in [0.5, 0.6) is 5.88 Å². The molecule has 18 heavy (non-hydrogen) atoms. The zero-order valence-electron chi connectivity index (χ0n) is 10.8. The molecule has 0 spiro atoms. The smallest absolute Gasteiger partial charge is 0.228 e. The maximum Gasteiger partial charge on any atom is 0.228 e. The third-order valence-electron chi connectivity index (χ3n) is 3.58. The van der Waals surface area contributed by atoms with Crippen molar-refractivity contribution in [3.05, 3.63) is 12.3 Å². The monoisotopic (exact) mass is 248 g/mol. The largest absolute Gasteiger partial charge is 0.481 e. The van der Waals surface area contributed by atoms with E-state index in [2.05, 4.69) is 20.2 Å². The van der Waals surface area contributed by atoms with Crippen molar-refractivity contribution in [3.8, 4) is 5.88 Å². The Morgan fingerprint density at radius 1 is 1.33 bits per heavy atom. The van der Waals surface area contributed by atoms with E-state index in [4.69, 9.17) is 4.74 Å². The lowest BCUT2D eigenvalue weighted by atomic mass is 10.1. The second-order valence-corrected chi connectivity index (χ2v) is 5.13. The van der Waals surface area contributed by atoms with Crippen LogP contribution in [0.3, 0.4) is 0 Å². The van der Waals surface area contributed by atoms with Crippen molar-refractivity contribution in [2.45, 2.75) is 37.8 Å². The third-order valence-corrected chi connectivity index (χ3v) is 3.58. The van der Waals surface area contributed by atoms with E-state index in [1.165, 1.54) is 25.7 Å². The van der Waals surface area contributed by atoms with Gasteiger partial charge in [0.15, 0.2) is 0 Å². The van der Waals surface area contributed by atoms with Gasteiger partial charge in [-0.05, 0) is 25.7 Å². The number of anilines is 1. The van der Waals surface area contributed by atoms with E-state index in [1.54, 1.807) is 19.4 Å². The fourth-order valence-electron chi connectivity index (χ4n) is 2.48. The molecule has 3 rings (SSSR count). The molecule has 1 aromatic rings. The maximum atomic E-state index is 5.15. The highest BCUT2D eigenvalue weighted by atomic mass is 16.5. The molecule has 5 nitrogen and oxygen atoms in total. The van der Waals surface area contributed by atoms with Crippen molar-refractivity contribution in [2.24, 2.45) is 0 Å². The molecule has 5 heteroatoms. The van der Waals surface area contributed by atoms with E-state index in [-0.39, 0.29) is 0 Å². The van der Waals surface area contributed by atoms with Gasteiger partial charge >= 0.3 is 0 Å². The van der Waals surface area contributed by atoms with Crippen LogP contribution >= 0.6 is 0 Å².